The minimum absolute atomic E-state index is 0.101. The van der Waals surface area contributed by atoms with Crippen molar-refractivity contribution in [1.29, 1.82) is 0 Å². The number of aryl methyl sites for hydroxylation is 2. The monoisotopic (exact) mass is 452 g/mol. The molecule has 1 atom stereocenters. The molecule has 0 amide bonds. The van der Waals surface area contributed by atoms with Crippen molar-refractivity contribution in [2.45, 2.75) is 17.9 Å². The Morgan fingerprint density at radius 2 is 1.75 bits per heavy atom. The van der Waals surface area contributed by atoms with E-state index in [0.29, 0.717) is 28.4 Å². The fourth-order valence-electron chi connectivity index (χ4n) is 3.60. The zero-order valence-electron chi connectivity index (χ0n) is 18.2. The van der Waals surface area contributed by atoms with Gasteiger partial charge in [-0.05, 0) is 42.3 Å². The summed E-state index contributed by atoms with van der Waals surface area (Å²) in [5, 5.41) is 0.754. The van der Waals surface area contributed by atoms with Gasteiger partial charge in [-0.1, -0.05) is 12.1 Å². The Kier molecular flexibility index (Phi) is 5.86. The van der Waals surface area contributed by atoms with E-state index in [1.54, 1.807) is 67.7 Å². The first kappa shape index (κ1) is 21.8. The summed E-state index contributed by atoms with van der Waals surface area (Å²) in [6, 6.07) is 11.5. The summed E-state index contributed by atoms with van der Waals surface area (Å²) in [5.41, 5.74) is 1.99. The highest BCUT2D eigenvalue weighted by atomic mass is 32.2. The fourth-order valence-corrected chi connectivity index (χ4v) is 4.96. The molecule has 8 nitrogen and oxygen atoms in total. The number of methoxy groups -OCH3 is 2. The van der Waals surface area contributed by atoms with Gasteiger partial charge in [0.25, 0.3) is 0 Å². The van der Waals surface area contributed by atoms with Crippen molar-refractivity contribution in [1.82, 2.24) is 19.3 Å². The van der Waals surface area contributed by atoms with E-state index in [0.717, 1.165) is 10.9 Å². The first-order valence-electron chi connectivity index (χ1n) is 9.90. The average Bonchev–Trinajstić information content (AvgIpc) is 3.21. The predicted molar refractivity (Wildman–Crippen MR) is 121 cm³/mol. The summed E-state index contributed by atoms with van der Waals surface area (Å²) >= 11 is 0. The molecule has 0 aliphatic heterocycles. The van der Waals surface area contributed by atoms with E-state index < -0.39 is 16.1 Å². The molecule has 166 valence electrons. The minimum atomic E-state index is -3.98. The lowest BCUT2D eigenvalue weighted by molar-refractivity contribution is 0.392. The summed E-state index contributed by atoms with van der Waals surface area (Å²) in [4.78, 5) is 8.88. The first-order chi connectivity index (χ1) is 15.3. The van der Waals surface area contributed by atoms with Crippen molar-refractivity contribution in [2.24, 2.45) is 7.05 Å². The van der Waals surface area contributed by atoms with E-state index in [1.807, 2.05) is 26.1 Å². The van der Waals surface area contributed by atoms with Crippen LogP contribution in [0.4, 0.5) is 0 Å². The van der Waals surface area contributed by atoms with Crippen LogP contribution >= 0.6 is 0 Å². The van der Waals surface area contributed by atoms with Gasteiger partial charge in [0.1, 0.15) is 28.3 Å². The molecule has 0 bridgehead atoms. The molecule has 0 saturated carbocycles. The largest absolute Gasteiger partial charge is 0.497 e. The van der Waals surface area contributed by atoms with Crippen LogP contribution in [0.2, 0.25) is 0 Å². The lowest BCUT2D eigenvalue weighted by atomic mass is 10.1. The highest BCUT2D eigenvalue weighted by Crippen LogP contribution is 2.31. The number of pyridine rings is 1. The summed E-state index contributed by atoms with van der Waals surface area (Å²) in [5.74, 6) is 1.60. The van der Waals surface area contributed by atoms with Crippen LogP contribution in [0.5, 0.6) is 11.5 Å². The molecule has 4 rings (SSSR count). The molecule has 0 aliphatic rings. The molecule has 0 aliphatic carbocycles. The van der Waals surface area contributed by atoms with Crippen LogP contribution in [-0.2, 0) is 17.1 Å². The van der Waals surface area contributed by atoms with Gasteiger partial charge < -0.3 is 14.0 Å². The van der Waals surface area contributed by atoms with Gasteiger partial charge in [-0.25, -0.2) is 13.4 Å². The number of para-hydroxylation sites is 1. The van der Waals surface area contributed by atoms with E-state index in [4.69, 9.17) is 9.47 Å². The van der Waals surface area contributed by atoms with E-state index in [1.165, 1.54) is 0 Å². The van der Waals surface area contributed by atoms with Gasteiger partial charge >= 0.3 is 0 Å². The molecule has 9 heteroatoms. The third-order valence-electron chi connectivity index (χ3n) is 5.20. The topological polar surface area (TPSA) is 95.3 Å². The van der Waals surface area contributed by atoms with Crippen LogP contribution in [0.1, 0.15) is 23.0 Å². The van der Waals surface area contributed by atoms with Crippen molar-refractivity contribution < 1.29 is 17.9 Å². The van der Waals surface area contributed by atoms with Crippen molar-refractivity contribution in [3.63, 3.8) is 0 Å². The lowest BCUT2D eigenvalue weighted by Crippen LogP contribution is -2.31. The van der Waals surface area contributed by atoms with E-state index in [-0.39, 0.29) is 4.90 Å². The number of hydrogen-bond acceptors (Lipinski definition) is 6. The summed E-state index contributed by atoms with van der Waals surface area (Å²) in [7, 11) is 0.920. The molecule has 32 heavy (non-hydrogen) atoms. The number of hydrogen-bond donors (Lipinski definition) is 1. The second-order valence-electron chi connectivity index (χ2n) is 7.44. The molecule has 2 heterocycles. The Labute approximate surface area is 186 Å². The van der Waals surface area contributed by atoms with Crippen LogP contribution in [0, 0.1) is 6.92 Å². The first-order valence-corrected chi connectivity index (χ1v) is 11.4. The molecule has 2 aromatic heterocycles. The number of ether oxygens (including phenoxy) is 2. The molecule has 1 N–H and O–H groups in total. The number of sulfonamides is 1. The van der Waals surface area contributed by atoms with Gasteiger partial charge in [0.15, 0.2) is 0 Å². The Bertz CT molecular complexity index is 1360. The van der Waals surface area contributed by atoms with Crippen LogP contribution in [-0.4, -0.2) is 37.2 Å². The summed E-state index contributed by atoms with van der Waals surface area (Å²) in [6.07, 6.45) is 5.04. The molecule has 0 fully saturated rings. The Balaban J connectivity index is 1.85. The number of benzene rings is 2. The lowest BCUT2D eigenvalue weighted by Gasteiger charge is -2.21. The van der Waals surface area contributed by atoms with Gasteiger partial charge in [-0.3, -0.25) is 4.98 Å². The van der Waals surface area contributed by atoms with Crippen LogP contribution in [0.25, 0.3) is 10.9 Å². The van der Waals surface area contributed by atoms with Gasteiger partial charge in [0, 0.05) is 37.1 Å². The molecular weight excluding hydrogens is 428 g/mol. The molecule has 4 aromatic rings. The zero-order chi connectivity index (χ0) is 22.9. The predicted octanol–water partition coefficient (Wildman–Crippen LogP) is 3.36. The SMILES string of the molecule is COc1cc(OC)cc(C(NS(=O)(=O)c2cccc3cc(C)cnc23)c2nccn2C)c1. The van der Waals surface area contributed by atoms with Gasteiger partial charge in [0.2, 0.25) is 10.0 Å². The van der Waals surface area contributed by atoms with Crippen molar-refractivity contribution in [3.8, 4) is 11.5 Å². The number of nitrogens with one attached hydrogen (secondary N) is 1. The maximum Gasteiger partial charge on any atom is 0.243 e. The molecule has 1 unspecified atom stereocenters. The highest BCUT2D eigenvalue weighted by molar-refractivity contribution is 7.89. The van der Waals surface area contributed by atoms with Crippen LogP contribution in [0.15, 0.2) is 66.0 Å². The van der Waals surface area contributed by atoms with Gasteiger partial charge in [0.05, 0.1) is 19.7 Å². The number of nitrogens with zero attached hydrogens (tertiary/aromatic N) is 3. The van der Waals surface area contributed by atoms with Crippen molar-refractivity contribution in [2.75, 3.05) is 14.2 Å². The molecule has 0 saturated heterocycles. The summed E-state index contributed by atoms with van der Waals surface area (Å²) in [6.45, 7) is 1.92. The van der Waals surface area contributed by atoms with Gasteiger partial charge in [-0.15, -0.1) is 0 Å². The molecule has 2 aromatic carbocycles. The maximum atomic E-state index is 13.6. The zero-order valence-corrected chi connectivity index (χ0v) is 19.1. The van der Waals surface area contributed by atoms with Crippen LogP contribution in [0.3, 0.4) is 0 Å². The van der Waals surface area contributed by atoms with Crippen molar-refractivity contribution >= 4 is 20.9 Å². The number of rotatable bonds is 7. The molecular formula is C23H24N4O4S. The normalized spacial score (nSPS) is 12.6. The third kappa shape index (κ3) is 4.17. The Morgan fingerprint density at radius 3 is 2.38 bits per heavy atom. The molecule has 0 radical (unpaired) electrons. The van der Waals surface area contributed by atoms with E-state index in [9.17, 15) is 8.42 Å². The standard InChI is InChI=1S/C23H24N4O4S/c1-15-10-16-6-5-7-20(21(16)25-14-15)32(28,29)26-22(23-24-8-9-27(23)2)17-11-18(30-3)13-19(12-17)31-4/h5-14,22,26H,1-4H3. The second kappa shape index (κ2) is 8.60. The average molecular weight is 453 g/mol. The third-order valence-corrected chi connectivity index (χ3v) is 6.65. The maximum absolute atomic E-state index is 13.6. The minimum Gasteiger partial charge on any atom is -0.497 e. The Morgan fingerprint density at radius 1 is 1.03 bits per heavy atom. The van der Waals surface area contributed by atoms with Crippen LogP contribution < -0.4 is 14.2 Å². The Hall–Kier alpha value is -3.43. The summed E-state index contributed by atoms with van der Waals surface area (Å²) < 4.78 is 42.5. The smallest absolute Gasteiger partial charge is 0.243 e. The molecule has 0 spiro atoms. The van der Waals surface area contributed by atoms with E-state index in [2.05, 4.69) is 14.7 Å². The highest BCUT2D eigenvalue weighted by Gasteiger charge is 2.28. The second-order valence-corrected chi connectivity index (χ2v) is 9.12. The van der Waals surface area contributed by atoms with Gasteiger partial charge in [-0.2, -0.15) is 4.72 Å². The van der Waals surface area contributed by atoms with E-state index >= 15 is 0 Å². The quantitative estimate of drug-likeness (QED) is 0.462. The number of fused-ring (bicyclic) bond motifs is 1. The van der Waals surface area contributed by atoms with Crippen molar-refractivity contribution in [3.05, 3.63) is 78.0 Å². The number of imidazole rings is 1. The number of aromatic nitrogens is 3. The fraction of sp³-hybridized carbons (Fsp3) is 0.217.